The molecule has 0 heterocycles. The number of hydrogen-bond acceptors (Lipinski definition) is 3. The predicted octanol–water partition coefficient (Wildman–Crippen LogP) is 0.903. The molecule has 0 fully saturated rings. The molecule has 0 aromatic rings. The van der Waals surface area contributed by atoms with Crippen LogP contribution < -0.4 is 11.1 Å². The number of carbonyl (C=O) groups is 1. The fourth-order valence-electron chi connectivity index (χ4n) is 1.24. The second-order valence-electron chi connectivity index (χ2n) is 4.18. The highest BCUT2D eigenvalue weighted by molar-refractivity contribution is 5.84. The number of methoxy groups -OCH3 is 1. The highest BCUT2D eigenvalue weighted by Gasteiger charge is 2.30. The molecule has 90 valence electrons. The van der Waals surface area contributed by atoms with Crippen molar-refractivity contribution in [2.75, 3.05) is 20.2 Å². The van der Waals surface area contributed by atoms with Crippen LogP contribution in [0.25, 0.3) is 0 Å². The average Bonchev–Trinajstić information content (AvgIpc) is 2.25. The van der Waals surface area contributed by atoms with Crippen LogP contribution in [0.1, 0.15) is 33.6 Å². The monoisotopic (exact) mass is 216 g/mol. The summed E-state index contributed by atoms with van der Waals surface area (Å²) < 4.78 is 5.20. The van der Waals surface area contributed by atoms with Crippen LogP contribution in [0, 0.1) is 5.92 Å². The van der Waals surface area contributed by atoms with Crippen molar-refractivity contribution in [3.8, 4) is 0 Å². The van der Waals surface area contributed by atoms with Gasteiger partial charge in [-0.3, -0.25) is 4.79 Å². The van der Waals surface area contributed by atoms with Gasteiger partial charge >= 0.3 is 0 Å². The molecule has 0 rings (SSSR count). The Morgan fingerprint density at radius 1 is 1.60 bits per heavy atom. The molecule has 15 heavy (non-hydrogen) atoms. The summed E-state index contributed by atoms with van der Waals surface area (Å²) in [6.07, 6.45) is 1.59. The second kappa shape index (κ2) is 6.80. The molecule has 4 heteroatoms. The lowest BCUT2D eigenvalue weighted by molar-refractivity contribution is -0.142. The van der Waals surface area contributed by atoms with Crippen LogP contribution in [0.5, 0.6) is 0 Å². The number of ether oxygens (including phenoxy) is 1. The zero-order chi connectivity index (χ0) is 11.9. The molecule has 2 unspecified atom stereocenters. The van der Waals surface area contributed by atoms with Gasteiger partial charge in [-0.2, -0.15) is 0 Å². The van der Waals surface area contributed by atoms with E-state index < -0.39 is 5.60 Å². The van der Waals surface area contributed by atoms with Crippen LogP contribution in [-0.4, -0.2) is 31.7 Å². The van der Waals surface area contributed by atoms with E-state index in [-0.39, 0.29) is 5.91 Å². The van der Waals surface area contributed by atoms with Crippen LogP contribution in [0.2, 0.25) is 0 Å². The lowest BCUT2D eigenvalue weighted by Crippen LogP contribution is -2.46. The summed E-state index contributed by atoms with van der Waals surface area (Å²) >= 11 is 0. The summed E-state index contributed by atoms with van der Waals surface area (Å²) in [4.78, 5) is 11.8. The van der Waals surface area contributed by atoms with Crippen LogP contribution in [0.4, 0.5) is 0 Å². The number of nitrogens with two attached hydrogens (primary N) is 1. The summed E-state index contributed by atoms with van der Waals surface area (Å²) in [6, 6.07) is 0. The van der Waals surface area contributed by atoms with E-state index in [0.717, 1.165) is 6.42 Å². The van der Waals surface area contributed by atoms with Crippen molar-refractivity contribution in [2.45, 2.75) is 39.2 Å². The molecular weight excluding hydrogens is 192 g/mol. The molecule has 0 aliphatic carbocycles. The van der Waals surface area contributed by atoms with Gasteiger partial charge in [0, 0.05) is 13.7 Å². The van der Waals surface area contributed by atoms with Crippen LogP contribution >= 0.6 is 0 Å². The smallest absolute Gasteiger partial charge is 0.251 e. The summed E-state index contributed by atoms with van der Waals surface area (Å²) in [5.74, 6) is 0.369. The number of rotatable bonds is 7. The van der Waals surface area contributed by atoms with Crippen molar-refractivity contribution in [1.29, 1.82) is 0 Å². The van der Waals surface area contributed by atoms with Crippen LogP contribution in [-0.2, 0) is 9.53 Å². The maximum absolute atomic E-state index is 11.8. The van der Waals surface area contributed by atoms with E-state index in [1.165, 1.54) is 0 Å². The van der Waals surface area contributed by atoms with E-state index in [1.807, 2.05) is 6.92 Å². The third-order valence-electron chi connectivity index (χ3n) is 2.88. The molecule has 0 aliphatic rings. The molecule has 0 bridgehead atoms. The molecule has 0 saturated heterocycles. The molecule has 2 atom stereocenters. The molecule has 0 spiro atoms. The first kappa shape index (κ1) is 14.4. The summed E-state index contributed by atoms with van der Waals surface area (Å²) in [5, 5.41) is 2.89. The van der Waals surface area contributed by atoms with E-state index in [2.05, 4.69) is 12.2 Å². The lowest BCUT2D eigenvalue weighted by atomic mass is 10.0. The number of nitrogens with one attached hydrogen (secondary N) is 1. The zero-order valence-corrected chi connectivity index (χ0v) is 10.3. The highest BCUT2D eigenvalue weighted by atomic mass is 16.5. The minimum Gasteiger partial charge on any atom is -0.369 e. The fraction of sp³-hybridized carbons (Fsp3) is 0.909. The molecular formula is C11H24N2O2. The first-order valence-electron chi connectivity index (χ1n) is 5.53. The van der Waals surface area contributed by atoms with E-state index >= 15 is 0 Å². The van der Waals surface area contributed by atoms with Crippen molar-refractivity contribution in [2.24, 2.45) is 11.7 Å². The van der Waals surface area contributed by atoms with Gasteiger partial charge < -0.3 is 15.8 Å². The van der Waals surface area contributed by atoms with Gasteiger partial charge in [-0.25, -0.2) is 0 Å². The maximum Gasteiger partial charge on any atom is 0.251 e. The van der Waals surface area contributed by atoms with E-state index in [4.69, 9.17) is 10.5 Å². The highest BCUT2D eigenvalue weighted by Crippen LogP contribution is 2.13. The maximum atomic E-state index is 11.8. The predicted molar refractivity (Wildman–Crippen MR) is 61.6 cm³/mol. The van der Waals surface area contributed by atoms with Gasteiger partial charge in [-0.15, -0.1) is 0 Å². The molecule has 0 aliphatic heterocycles. The van der Waals surface area contributed by atoms with Crippen LogP contribution in [0.15, 0.2) is 0 Å². The van der Waals surface area contributed by atoms with Crippen molar-refractivity contribution >= 4 is 5.91 Å². The summed E-state index contributed by atoms with van der Waals surface area (Å²) in [5.41, 5.74) is 4.73. The Morgan fingerprint density at radius 2 is 2.20 bits per heavy atom. The standard InChI is InChI=1S/C11H24N2O2/c1-5-11(3,15-4)10(14)13-8-9(2)6-7-12/h9H,5-8,12H2,1-4H3,(H,13,14). The van der Waals surface area contributed by atoms with Gasteiger partial charge in [-0.1, -0.05) is 13.8 Å². The minimum absolute atomic E-state index is 0.0450. The van der Waals surface area contributed by atoms with Gasteiger partial charge in [0.25, 0.3) is 5.91 Å². The molecule has 1 amide bonds. The number of hydrogen-bond donors (Lipinski definition) is 2. The first-order valence-corrected chi connectivity index (χ1v) is 5.53. The number of carbonyl (C=O) groups excluding carboxylic acids is 1. The fourth-order valence-corrected chi connectivity index (χ4v) is 1.24. The van der Waals surface area contributed by atoms with Gasteiger partial charge in [0.15, 0.2) is 0 Å². The molecule has 3 N–H and O–H groups in total. The zero-order valence-electron chi connectivity index (χ0n) is 10.3. The third-order valence-corrected chi connectivity index (χ3v) is 2.88. The Hall–Kier alpha value is -0.610. The topological polar surface area (TPSA) is 64.3 Å². The lowest BCUT2D eigenvalue weighted by Gasteiger charge is -2.26. The summed E-state index contributed by atoms with van der Waals surface area (Å²) in [6.45, 7) is 7.13. The van der Waals surface area contributed by atoms with Crippen molar-refractivity contribution in [3.63, 3.8) is 0 Å². The van der Waals surface area contributed by atoms with Gasteiger partial charge in [0.2, 0.25) is 0 Å². The largest absolute Gasteiger partial charge is 0.369 e. The Bertz CT molecular complexity index is 191. The average molecular weight is 216 g/mol. The SMILES string of the molecule is CCC(C)(OC)C(=O)NCC(C)CCN. The Labute approximate surface area is 92.6 Å². The first-order chi connectivity index (χ1) is 7.00. The number of amides is 1. The quantitative estimate of drug-likeness (QED) is 0.664. The van der Waals surface area contributed by atoms with Crippen LogP contribution in [0.3, 0.4) is 0 Å². The Morgan fingerprint density at radius 3 is 2.60 bits per heavy atom. The Balaban J connectivity index is 4.02. The van der Waals surface area contributed by atoms with Gasteiger partial charge in [0.1, 0.15) is 5.60 Å². The molecule has 0 aromatic heterocycles. The van der Waals surface area contributed by atoms with Crippen molar-refractivity contribution in [1.82, 2.24) is 5.32 Å². The second-order valence-corrected chi connectivity index (χ2v) is 4.18. The van der Waals surface area contributed by atoms with E-state index in [1.54, 1.807) is 14.0 Å². The normalized spacial score (nSPS) is 16.9. The van der Waals surface area contributed by atoms with Crippen molar-refractivity contribution < 1.29 is 9.53 Å². The van der Waals surface area contributed by atoms with E-state index in [9.17, 15) is 4.79 Å². The molecule has 0 radical (unpaired) electrons. The molecule has 0 saturated carbocycles. The molecule has 4 nitrogen and oxygen atoms in total. The van der Waals surface area contributed by atoms with E-state index in [0.29, 0.717) is 25.4 Å². The van der Waals surface area contributed by atoms with Gasteiger partial charge in [0.05, 0.1) is 0 Å². The van der Waals surface area contributed by atoms with Gasteiger partial charge in [-0.05, 0) is 32.2 Å². The van der Waals surface area contributed by atoms with Crippen molar-refractivity contribution in [3.05, 3.63) is 0 Å². The molecule has 0 aromatic carbocycles. The Kier molecular flexibility index (Phi) is 6.52. The summed E-state index contributed by atoms with van der Waals surface area (Å²) in [7, 11) is 1.56. The minimum atomic E-state index is -0.706. The third kappa shape index (κ3) is 4.62.